The van der Waals surface area contributed by atoms with Crippen molar-refractivity contribution >= 4 is 21.8 Å². The van der Waals surface area contributed by atoms with E-state index in [2.05, 4.69) is 114 Å². The first-order chi connectivity index (χ1) is 20.9. The summed E-state index contributed by atoms with van der Waals surface area (Å²) in [5.41, 5.74) is 8.73. The Balaban J connectivity index is -0.000000149. The van der Waals surface area contributed by atoms with Gasteiger partial charge < -0.3 is 12.0 Å². The Hall–Kier alpha value is -1.44. The molecule has 1 aliphatic rings. The molecule has 5 rings (SSSR count). The van der Waals surface area contributed by atoms with E-state index in [1.54, 1.807) is 0 Å². The molecular formula is C45H84NY-. The van der Waals surface area contributed by atoms with E-state index in [0.717, 1.165) is 6.54 Å². The number of benzene rings is 3. The average Bonchev–Trinajstić information content (AvgIpc) is 3.29. The average molecular weight is 728 g/mol. The van der Waals surface area contributed by atoms with E-state index >= 15 is 0 Å². The zero-order valence-electron chi connectivity index (χ0n) is 33.9. The van der Waals surface area contributed by atoms with Gasteiger partial charge in [-0.15, -0.1) is 0 Å². The molecule has 1 nitrogen and oxygen atoms in total. The molecule has 47 heavy (non-hydrogen) atoms. The van der Waals surface area contributed by atoms with Gasteiger partial charge in [0.05, 0.1) is 5.52 Å². The first-order valence-electron chi connectivity index (χ1n) is 18.0. The van der Waals surface area contributed by atoms with Crippen LogP contribution < -0.4 is 0 Å². The molecule has 0 spiro atoms. The van der Waals surface area contributed by atoms with Crippen LogP contribution >= 0.6 is 0 Å². The Bertz CT molecular complexity index is 1220. The number of rotatable bonds is 2. The summed E-state index contributed by atoms with van der Waals surface area (Å²) in [6, 6.07) is 22.8. The smallest absolute Gasteiger partial charge is 0.0539 e. The summed E-state index contributed by atoms with van der Waals surface area (Å²) >= 11 is 0. The maximum atomic E-state index is 2.58. The zero-order chi connectivity index (χ0) is 34.3. The molecule has 0 aliphatic carbocycles. The van der Waals surface area contributed by atoms with Gasteiger partial charge in [-0.2, -0.15) is 0 Å². The molecule has 0 amide bonds. The molecule has 0 N–H and O–H groups in total. The summed E-state index contributed by atoms with van der Waals surface area (Å²) in [5.74, 6) is 1.00. The van der Waals surface area contributed by atoms with Crippen molar-refractivity contribution < 1.29 is 32.7 Å². The molecule has 0 unspecified atom stereocenters. The quantitative estimate of drug-likeness (QED) is 0.181. The molecule has 2 heteroatoms. The Kier molecular flexibility index (Phi) is 44.6. The predicted molar refractivity (Wildman–Crippen MR) is 224 cm³/mol. The molecule has 4 aromatic rings. The van der Waals surface area contributed by atoms with Crippen LogP contribution in [0.1, 0.15) is 168 Å². The standard InChI is InChI=1S/C27H29N.C3H8.6C2H6.2CH4.CH3.Y/c1-17(2)27(18(3)4)23-12-8-6-10-20(23)16-28-24-13-9-7-11-21(24)22-15-14-19(5)25(27)26(22)28;1-3-2;6*1-2;;;;/h6-15,17-18H,16H2,1-5H3;3H2,1-2H3;6*1-2H3;2*1H4;1H3;/q;;;;;;;;;;-1;. The van der Waals surface area contributed by atoms with Gasteiger partial charge in [0.25, 0.3) is 0 Å². The number of aryl methyl sites for hydroxylation is 1. The summed E-state index contributed by atoms with van der Waals surface area (Å²) in [6.45, 7) is 41.1. The first-order valence-corrected chi connectivity index (χ1v) is 18.0. The van der Waals surface area contributed by atoms with E-state index in [-0.39, 0.29) is 60.4 Å². The molecular weight excluding hydrogens is 643 g/mol. The normalized spacial score (nSPS) is 10.3. The van der Waals surface area contributed by atoms with Gasteiger partial charge in [-0.1, -0.05) is 200 Å². The van der Waals surface area contributed by atoms with E-state index in [1.165, 1.54) is 50.5 Å². The second kappa shape index (κ2) is 34.4. The van der Waals surface area contributed by atoms with Crippen molar-refractivity contribution in [3.05, 3.63) is 90.3 Å². The molecule has 0 bridgehead atoms. The summed E-state index contributed by atoms with van der Waals surface area (Å²) in [7, 11) is 0. The molecule has 1 aromatic heterocycles. The molecule has 0 fully saturated rings. The monoisotopic (exact) mass is 728 g/mol. The van der Waals surface area contributed by atoms with Crippen LogP contribution in [0.4, 0.5) is 0 Å². The third kappa shape index (κ3) is 13.4. The van der Waals surface area contributed by atoms with Gasteiger partial charge >= 0.3 is 0 Å². The van der Waals surface area contributed by atoms with Crippen LogP contribution in [0.15, 0.2) is 60.7 Å². The van der Waals surface area contributed by atoms with Crippen LogP contribution in [0.5, 0.6) is 0 Å². The third-order valence-corrected chi connectivity index (χ3v) is 7.17. The minimum Gasteiger partial charge on any atom is -0.358 e. The van der Waals surface area contributed by atoms with Crippen molar-refractivity contribution in [3.63, 3.8) is 0 Å². The maximum absolute atomic E-state index is 2.58. The maximum Gasteiger partial charge on any atom is 0.0539 e. The van der Waals surface area contributed by atoms with Crippen molar-refractivity contribution in [2.45, 2.75) is 165 Å². The van der Waals surface area contributed by atoms with E-state index in [1.807, 2.05) is 83.1 Å². The van der Waals surface area contributed by atoms with Crippen LogP contribution in [0.2, 0.25) is 0 Å². The van der Waals surface area contributed by atoms with E-state index in [4.69, 9.17) is 0 Å². The Morgan fingerprint density at radius 1 is 0.617 bits per heavy atom. The molecule has 3 aromatic carbocycles. The SMILES string of the molecule is C.C.CC.CC.CC.CC.CC.CC.CCC.Cc1ccc2c3ccccc3n3c2c1C(C(C)C)(C(C)C)c1ccccc1C3.[CH3-].[Y]. The van der Waals surface area contributed by atoms with Crippen molar-refractivity contribution in [2.75, 3.05) is 0 Å². The molecule has 0 atom stereocenters. The molecule has 0 saturated carbocycles. The van der Waals surface area contributed by atoms with Crippen molar-refractivity contribution in [3.8, 4) is 0 Å². The first kappa shape index (κ1) is 60.8. The molecule has 1 radical (unpaired) electrons. The zero-order valence-corrected chi connectivity index (χ0v) is 36.7. The molecule has 0 saturated heterocycles. The van der Waals surface area contributed by atoms with Crippen LogP contribution in [0.3, 0.4) is 0 Å². The summed E-state index contributed by atoms with van der Waals surface area (Å²) in [4.78, 5) is 0. The van der Waals surface area contributed by atoms with Gasteiger partial charge in [0.2, 0.25) is 0 Å². The van der Waals surface area contributed by atoms with Crippen LogP contribution in [0.25, 0.3) is 21.8 Å². The second-order valence-electron chi connectivity index (χ2n) is 9.80. The largest absolute Gasteiger partial charge is 0.358 e. The van der Waals surface area contributed by atoms with Gasteiger partial charge in [0.15, 0.2) is 0 Å². The van der Waals surface area contributed by atoms with E-state index in [9.17, 15) is 0 Å². The molecule has 2 heterocycles. The predicted octanol–water partition coefficient (Wildman–Crippen LogP) is 16.4. The van der Waals surface area contributed by atoms with Gasteiger partial charge in [-0.25, -0.2) is 0 Å². The van der Waals surface area contributed by atoms with Crippen LogP contribution in [0, 0.1) is 26.2 Å². The minimum atomic E-state index is 0. The number of para-hydroxylation sites is 1. The molecule has 1 aliphatic heterocycles. The van der Waals surface area contributed by atoms with E-state index < -0.39 is 0 Å². The number of hydrogen-bond acceptors (Lipinski definition) is 0. The third-order valence-electron chi connectivity index (χ3n) is 7.17. The number of fused-ring (bicyclic) bond motifs is 4. The number of hydrogen-bond donors (Lipinski definition) is 0. The van der Waals surface area contributed by atoms with Crippen molar-refractivity contribution in [1.29, 1.82) is 0 Å². The minimum absolute atomic E-state index is 0. The van der Waals surface area contributed by atoms with E-state index in [0.29, 0.717) is 11.8 Å². The van der Waals surface area contributed by atoms with Crippen LogP contribution in [-0.4, -0.2) is 4.57 Å². The van der Waals surface area contributed by atoms with Gasteiger partial charge in [-0.05, 0) is 47.1 Å². The summed E-state index contributed by atoms with van der Waals surface area (Å²) < 4.78 is 2.58. The van der Waals surface area contributed by atoms with Gasteiger partial charge in [0.1, 0.15) is 0 Å². The fourth-order valence-corrected chi connectivity index (χ4v) is 6.17. The van der Waals surface area contributed by atoms with Crippen molar-refractivity contribution in [2.24, 2.45) is 11.8 Å². The Labute approximate surface area is 324 Å². The Morgan fingerprint density at radius 3 is 1.47 bits per heavy atom. The van der Waals surface area contributed by atoms with Gasteiger partial charge in [-0.3, -0.25) is 0 Å². The second-order valence-corrected chi connectivity index (χ2v) is 9.80. The Morgan fingerprint density at radius 2 is 1.02 bits per heavy atom. The fourth-order valence-electron chi connectivity index (χ4n) is 6.17. The topological polar surface area (TPSA) is 4.93 Å². The van der Waals surface area contributed by atoms with Crippen LogP contribution in [-0.2, 0) is 44.7 Å². The van der Waals surface area contributed by atoms with Crippen molar-refractivity contribution in [1.82, 2.24) is 4.57 Å². The molecule has 273 valence electrons. The van der Waals surface area contributed by atoms with Gasteiger partial charge in [0, 0.05) is 61.0 Å². The summed E-state index contributed by atoms with van der Waals surface area (Å²) in [6.07, 6.45) is 1.25. The number of nitrogens with zero attached hydrogens (tertiary/aromatic N) is 1. The summed E-state index contributed by atoms with van der Waals surface area (Å²) in [5, 5.41) is 2.77. The number of aromatic nitrogens is 1. The fraction of sp³-hybridized carbons (Fsp3) is 0.578.